The molecular weight excluding hydrogens is 248 g/mol. The highest BCUT2D eigenvalue weighted by Gasteiger charge is 2.18. The van der Waals surface area contributed by atoms with Crippen LogP contribution in [0.4, 0.5) is 0 Å². The third kappa shape index (κ3) is 5.91. The van der Waals surface area contributed by atoms with Crippen molar-refractivity contribution >= 4 is 0 Å². The van der Waals surface area contributed by atoms with Crippen molar-refractivity contribution < 1.29 is 4.74 Å². The van der Waals surface area contributed by atoms with Gasteiger partial charge in [-0.1, -0.05) is 27.7 Å². The summed E-state index contributed by atoms with van der Waals surface area (Å²) >= 11 is 0. The molecule has 1 N–H and O–H groups in total. The number of nitrogens with one attached hydrogen (secondary N) is 1. The van der Waals surface area contributed by atoms with Crippen molar-refractivity contribution in [1.82, 2.24) is 10.3 Å². The number of aryl methyl sites for hydroxylation is 1. The lowest BCUT2D eigenvalue weighted by molar-refractivity contribution is 0.0986. The molecule has 0 unspecified atom stereocenters. The molecule has 0 atom stereocenters. The Morgan fingerprint density at radius 2 is 1.95 bits per heavy atom. The summed E-state index contributed by atoms with van der Waals surface area (Å²) in [6.45, 7) is 14.8. The summed E-state index contributed by atoms with van der Waals surface area (Å²) in [7, 11) is 0. The minimum absolute atomic E-state index is 0.165. The van der Waals surface area contributed by atoms with Gasteiger partial charge in [-0.25, -0.2) is 4.98 Å². The second kappa shape index (κ2) is 7.63. The van der Waals surface area contributed by atoms with Crippen LogP contribution in [-0.2, 0) is 13.0 Å². The Hall–Kier alpha value is -1.09. The van der Waals surface area contributed by atoms with E-state index in [0.717, 1.165) is 37.5 Å². The Morgan fingerprint density at radius 1 is 1.25 bits per heavy atom. The Kier molecular flexibility index (Phi) is 6.47. The van der Waals surface area contributed by atoms with Crippen LogP contribution in [0.3, 0.4) is 0 Å². The first-order valence-corrected chi connectivity index (χ1v) is 7.76. The summed E-state index contributed by atoms with van der Waals surface area (Å²) in [5.41, 5.74) is 2.18. The predicted octanol–water partition coefficient (Wildman–Crippen LogP) is 3.96. The van der Waals surface area contributed by atoms with Crippen LogP contribution < -0.4 is 10.1 Å². The molecule has 114 valence electrons. The topological polar surface area (TPSA) is 34.1 Å². The first kappa shape index (κ1) is 17.0. The molecular formula is C17H30N2O. The molecule has 3 heteroatoms. The number of pyridine rings is 1. The highest BCUT2D eigenvalue weighted by atomic mass is 16.5. The summed E-state index contributed by atoms with van der Waals surface area (Å²) in [5, 5.41) is 3.47. The first-order chi connectivity index (χ1) is 9.36. The average molecular weight is 278 g/mol. The molecule has 0 amide bonds. The second-order valence-corrected chi connectivity index (χ2v) is 6.40. The number of nitrogens with zero attached hydrogens (tertiary/aromatic N) is 1. The van der Waals surface area contributed by atoms with Crippen LogP contribution >= 0.6 is 0 Å². The molecule has 1 rings (SSSR count). The number of aromatic nitrogens is 1. The Bertz CT molecular complexity index is 413. The van der Waals surface area contributed by atoms with Crippen LogP contribution in [0.2, 0.25) is 0 Å². The van der Waals surface area contributed by atoms with E-state index in [1.165, 1.54) is 5.56 Å². The molecule has 0 aliphatic rings. The zero-order valence-corrected chi connectivity index (χ0v) is 13.9. The number of ether oxygens (including phenoxy) is 1. The maximum atomic E-state index is 6.02. The summed E-state index contributed by atoms with van der Waals surface area (Å²) in [5.74, 6) is 1.41. The highest BCUT2D eigenvalue weighted by molar-refractivity contribution is 5.25. The van der Waals surface area contributed by atoms with Crippen molar-refractivity contribution in [2.24, 2.45) is 5.92 Å². The Labute approximate surface area is 124 Å². The van der Waals surface area contributed by atoms with Gasteiger partial charge in [0.2, 0.25) is 5.88 Å². The molecule has 3 nitrogen and oxygen atoms in total. The summed E-state index contributed by atoms with van der Waals surface area (Å²) < 4.78 is 6.02. The third-order valence-electron chi connectivity index (χ3n) is 3.39. The molecule has 0 saturated carbocycles. The van der Waals surface area contributed by atoms with Crippen LogP contribution in [0.15, 0.2) is 12.1 Å². The standard InChI is InChI=1S/C17H30N2O/c1-7-15-9-14(12-18-11-13(3)4)10-16(19-15)20-17(5,6)8-2/h9-10,13,18H,7-8,11-12H2,1-6H3. The van der Waals surface area contributed by atoms with Gasteiger partial charge in [0.25, 0.3) is 0 Å². The zero-order valence-electron chi connectivity index (χ0n) is 13.9. The van der Waals surface area contributed by atoms with Gasteiger partial charge in [0.05, 0.1) is 0 Å². The van der Waals surface area contributed by atoms with Gasteiger partial charge in [-0.2, -0.15) is 0 Å². The lowest BCUT2D eigenvalue weighted by atomic mass is 10.1. The van der Waals surface area contributed by atoms with Crippen LogP contribution in [0.5, 0.6) is 5.88 Å². The van der Waals surface area contributed by atoms with E-state index in [2.05, 4.69) is 64.0 Å². The normalized spacial score (nSPS) is 11.9. The fourth-order valence-corrected chi connectivity index (χ4v) is 1.82. The summed E-state index contributed by atoms with van der Waals surface area (Å²) in [4.78, 5) is 4.58. The van der Waals surface area contributed by atoms with Crippen LogP contribution in [-0.4, -0.2) is 17.1 Å². The zero-order chi connectivity index (χ0) is 15.2. The highest BCUT2D eigenvalue weighted by Crippen LogP contribution is 2.21. The largest absolute Gasteiger partial charge is 0.472 e. The van der Waals surface area contributed by atoms with Gasteiger partial charge in [-0.3, -0.25) is 0 Å². The maximum absolute atomic E-state index is 6.02. The van der Waals surface area contributed by atoms with Gasteiger partial charge in [0.1, 0.15) is 5.60 Å². The minimum Gasteiger partial charge on any atom is -0.472 e. The fraction of sp³-hybridized carbons (Fsp3) is 0.706. The molecule has 1 heterocycles. The average Bonchev–Trinajstić information content (AvgIpc) is 2.37. The Balaban J connectivity index is 2.80. The monoisotopic (exact) mass is 278 g/mol. The first-order valence-electron chi connectivity index (χ1n) is 7.76. The summed E-state index contributed by atoms with van der Waals surface area (Å²) in [6.07, 6.45) is 1.90. The molecule has 0 spiro atoms. The van der Waals surface area contributed by atoms with Gasteiger partial charge >= 0.3 is 0 Å². The third-order valence-corrected chi connectivity index (χ3v) is 3.39. The molecule has 0 radical (unpaired) electrons. The molecule has 0 aliphatic heterocycles. The van der Waals surface area contributed by atoms with E-state index in [-0.39, 0.29) is 5.60 Å². The predicted molar refractivity (Wildman–Crippen MR) is 85.2 cm³/mol. The molecule has 0 saturated heterocycles. The van der Waals surface area contributed by atoms with Crippen LogP contribution in [0.25, 0.3) is 0 Å². The quantitative estimate of drug-likeness (QED) is 0.781. The van der Waals surface area contributed by atoms with E-state index in [1.54, 1.807) is 0 Å². The molecule has 1 aromatic rings. The Morgan fingerprint density at radius 3 is 2.50 bits per heavy atom. The van der Waals surface area contributed by atoms with Crippen molar-refractivity contribution in [1.29, 1.82) is 0 Å². The number of hydrogen-bond donors (Lipinski definition) is 1. The van der Waals surface area contributed by atoms with Crippen molar-refractivity contribution in [2.45, 2.75) is 66.5 Å². The van der Waals surface area contributed by atoms with E-state index in [0.29, 0.717) is 5.92 Å². The number of hydrogen-bond acceptors (Lipinski definition) is 3. The lowest BCUT2D eigenvalue weighted by Gasteiger charge is -2.24. The van der Waals surface area contributed by atoms with Gasteiger partial charge < -0.3 is 10.1 Å². The number of rotatable bonds is 8. The molecule has 0 aliphatic carbocycles. The van der Waals surface area contributed by atoms with Crippen LogP contribution in [0.1, 0.15) is 59.2 Å². The van der Waals surface area contributed by atoms with Crippen molar-refractivity contribution in [3.8, 4) is 5.88 Å². The van der Waals surface area contributed by atoms with Gasteiger partial charge in [0.15, 0.2) is 0 Å². The van der Waals surface area contributed by atoms with E-state index < -0.39 is 0 Å². The summed E-state index contributed by atoms with van der Waals surface area (Å²) in [6, 6.07) is 4.23. The molecule has 20 heavy (non-hydrogen) atoms. The van der Waals surface area contributed by atoms with Gasteiger partial charge in [-0.05, 0) is 50.8 Å². The molecule has 0 aromatic carbocycles. The molecule has 1 aromatic heterocycles. The van der Waals surface area contributed by atoms with E-state index >= 15 is 0 Å². The van der Waals surface area contributed by atoms with Crippen molar-refractivity contribution in [2.75, 3.05) is 6.54 Å². The smallest absolute Gasteiger partial charge is 0.214 e. The lowest BCUT2D eigenvalue weighted by Crippen LogP contribution is -2.27. The van der Waals surface area contributed by atoms with E-state index in [1.807, 2.05) is 0 Å². The second-order valence-electron chi connectivity index (χ2n) is 6.40. The molecule has 0 bridgehead atoms. The van der Waals surface area contributed by atoms with Crippen molar-refractivity contribution in [3.63, 3.8) is 0 Å². The molecule has 0 fully saturated rings. The van der Waals surface area contributed by atoms with Gasteiger partial charge in [0, 0.05) is 18.3 Å². The SMILES string of the molecule is CCc1cc(CNCC(C)C)cc(OC(C)(C)CC)n1. The minimum atomic E-state index is -0.165. The van der Waals surface area contributed by atoms with Crippen LogP contribution in [0, 0.1) is 5.92 Å². The van der Waals surface area contributed by atoms with Crippen molar-refractivity contribution in [3.05, 3.63) is 23.4 Å². The van der Waals surface area contributed by atoms with Gasteiger partial charge in [-0.15, -0.1) is 0 Å². The fourth-order valence-electron chi connectivity index (χ4n) is 1.82. The maximum Gasteiger partial charge on any atom is 0.214 e. The van der Waals surface area contributed by atoms with E-state index in [9.17, 15) is 0 Å². The van der Waals surface area contributed by atoms with E-state index in [4.69, 9.17) is 4.74 Å².